The summed E-state index contributed by atoms with van der Waals surface area (Å²) in [5, 5.41) is 3.46. The molecule has 1 heterocycles. The summed E-state index contributed by atoms with van der Waals surface area (Å²) in [6.07, 6.45) is 0.800. The van der Waals surface area contributed by atoms with Crippen molar-refractivity contribution in [3.8, 4) is 0 Å². The van der Waals surface area contributed by atoms with Gasteiger partial charge in [-0.1, -0.05) is 38.1 Å². The normalized spacial score (nSPS) is 23.1. The Morgan fingerprint density at radius 1 is 1.15 bits per heavy atom. The molecule has 1 N–H and O–H groups in total. The first-order valence-electron chi connectivity index (χ1n) is 7.41. The fourth-order valence-electron chi connectivity index (χ4n) is 2.66. The van der Waals surface area contributed by atoms with E-state index < -0.39 is 9.84 Å². The van der Waals surface area contributed by atoms with Crippen LogP contribution >= 0.6 is 0 Å². The molecule has 0 spiro atoms. The fraction of sp³-hybridized carbons (Fsp3) is 0.625. The van der Waals surface area contributed by atoms with Gasteiger partial charge >= 0.3 is 0 Å². The van der Waals surface area contributed by atoms with Crippen LogP contribution in [0, 0.1) is 5.92 Å². The SMILES string of the molecule is CC(C)c1ccc(C(C)NCC2CCS(=O)(=O)C2)cc1. The third-order valence-corrected chi connectivity index (χ3v) is 5.98. The van der Waals surface area contributed by atoms with Gasteiger partial charge in [0.15, 0.2) is 9.84 Å². The molecule has 2 unspecified atom stereocenters. The first kappa shape index (κ1) is 15.5. The van der Waals surface area contributed by atoms with Gasteiger partial charge in [0.2, 0.25) is 0 Å². The Hall–Kier alpha value is -0.870. The van der Waals surface area contributed by atoms with E-state index in [9.17, 15) is 8.42 Å². The zero-order chi connectivity index (χ0) is 14.8. The van der Waals surface area contributed by atoms with Crippen LogP contribution in [0.25, 0.3) is 0 Å². The van der Waals surface area contributed by atoms with Crippen molar-refractivity contribution < 1.29 is 8.42 Å². The van der Waals surface area contributed by atoms with Crippen LogP contribution in [-0.4, -0.2) is 26.5 Å². The van der Waals surface area contributed by atoms with Gasteiger partial charge in [0.05, 0.1) is 11.5 Å². The quantitative estimate of drug-likeness (QED) is 0.908. The second-order valence-electron chi connectivity index (χ2n) is 6.22. The number of nitrogens with one attached hydrogen (secondary N) is 1. The third kappa shape index (κ3) is 4.06. The lowest BCUT2D eigenvalue weighted by Crippen LogP contribution is -2.26. The maximum Gasteiger partial charge on any atom is 0.150 e. The van der Waals surface area contributed by atoms with Gasteiger partial charge in [-0.3, -0.25) is 0 Å². The minimum Gasteiger partial charge on any atom is -0.310 e. The predicted molar refractivity (Wildman–Crippen MR) is 83.7 cm³/mol. The molecule has 1 aliphatic rings. The lowest BCUT2D eigenvalue weighted by molar-refractivity contribution is 0.476. The van der Waals surface area contributed by atoms with E-state index in [0.717, 1.165) is 13.0 Å². The molecule has 112 valence electrons. The monoisotopic (exact) mass is 295 g/mol. The van der Waals surface area contributed by atoms with Crippen molar-refractivity contribution in [2.24, 2.45) is 5.92 Å². The first-order valence-corrected chi connectivity index (χ1v) is 9.23. The molecule has 1 saturated heterocycles. The van der Waals surface area contributed by atoms with E-state index in [4.69, 9.17) is 0 Å². The molecule has 2 atom stereocenters. The highest BCUT2D eigenvalue weighted by atomic mass is 32.2. The molecule has 1 aliphatic heterocycles. The lowest BCUT2D eigenvalue weighted by Gasteiger charge is -2.17. The Morgan fingerprint density at radius 2 is 1.75 bits per heavy atom. The maximum atomic E-state index is 11.4. The van der Waals surface area contributed by atoms with E-state index in [-0.39, 0.29) is 12.0 Å². The summed E-state index contributed by atoms with van der Waals surface area (Å²) in [5.74, 6) is 1.53. The van der Waals surface area contributed by atoms with E-state index in [2.05, 4.69) is 50.4 Å². The standard InChI is InChI=1S/C16H25NO2S/c1-12(2)15-4-6-16(7-5-15)13(3)17-10-14-8-9-20(18,19)11-14/h4-7,12-14,17H,8-11H2,1-3H3. The molecule has 4 heteroatoms. The van der Waals surface area contributed by atoms with Gasteiger partial charge in [0, 0.05) is 6.04 Å². The average Bonchev–Trinajstić information content (AvgIpc) is 2.75. The van der Waals surface area contributed by atoms with Crippen LogP contribution < -0.4 is 5.32 Å². The summed E-state index contributed by atoms with van der Waals surface area (Å²) in [5.41, 5.74) is 2.61. The minimum absolute atomic E-state index is 0.263. The Labute approximate surface area is 122 Å². The van der Waals surface area contributed by atoms with Gasteiger partial charge in [0.1, 0.15) is 0 Å². The smallest absolute Gasteiger partial charge is 0.150 e. The fourth-order valence-corrected chi connectivity index (χ4v) is 4.53. The van der Waals surface area contributed by atoms with Crippen LogP contribution in [0.3, 0.4) is 0 Å². The Morgan fingerprint density at radius 3 is 2.25 bits per heavy atom. The molecule has 20 heavy (non-hydrogen) atoms. The lowest BCUT2D eigenvalue weighted by atomic mass is 9.99. The highest BCUT2D eigenvalue weighted by Gasteiger charge is 2.27. The van der Waals surface area contributed by atoms with Crippen LogP contribution in [0.5, 0.6) is 0 Å². The molecule has 0 bridgehead atoms. The van der Waals surface area contributed by atoms with Gasteiger partial charge in [-0.2, -0.15) is 0 Å². The van der Waals surface area contributed by atoms with E-state index >= 15 is 0 Å². The summed E-state index contributed by atoms with van der Waals surface area (Å²) in [6.45, 7) is 7.30. The molecule has 0 aromatic heterocycles. The average molecular weight is 295 g/mol. The van der Waals surface area contributed by atoms with Gasteiger partial charge in [-0.05, 0) is 42.9 Å². The highest BCUT2D eigenvalue weighted by Crippen LogP contribution is 2.21. The molecule has 0 amide bonds. The Balaban J connectivity index is 1.87. The molecule has 3 nitrogen and oxygen atoms in total. The summed E-state index contributed by atoms with van der Waals surface area (Å²) in [4.78, 5) is 0. The number of sulfone groups is 1. The molecular formula is C16H25NO2S. The van der Waals surface area contributed by atoms with Crippen LogP contribution in [-0.2, 0) is 9.84 Å². The van der Waals surface area contributed by atoms with Crippen molar-refractivity contribution in [2.75, 3.05) is 18.1 Å². The number of hydrogen-bond donors (Lipinski definition) is 1. The van der Waals surface area contributed by atoms with E-state index in [1.165, 1.54) is 11.1 Å². The molecule has 0 aliphatic carbocycles. The summed E-state index contributed by atoms with van der Waals surface area (Å²) in [7, 11) is -2.76. The largest absolute Gasteiger partial charge is 0.310 e. The summed E-state index contributed by atoms with van der Waals surface area (Å²) < 4.78 is 22.9. The molecule has 1 aromatic rings. The van der Waals surface area contributed by atoms with Crippen LogP contribution in [0.1, 0.15) is 50.3 Å². The van der Waals surface area contributed by atoms with E-state index in [0.29, 0.717) is 17.4 Å². The second kappa shape index (κ2) is 6.27. The molecule has 0 radical (unpaired) electrons. The maximum absolute atomic E-state index is 11.4. The molecule has 1 aromatic carbocycles. The molecule has 2 rings (SSSR count). The van der Waals surface area contributed by atoms with Crippen molar-refractivity contribution in [3.63, 3.8) is 0 Å². The van der Waals surface area contributed by atoms with Crippen molar-refractivity contribution in [2.45, 2.75) is 39.2 Å². The Kier molecular flexibility index (Phi) is 4.86. The van der Waals surface area contributed by atoms with Crippen LogP contribution in [0.4, 0.5) is 0 Å². The van der Waals surface area contributed by atoms with Gasteiger partial charge in [-0.25, -0.2) is 8.42 Å². The highest BCUT2D eigenvalue weighted by molar-refractivity contribution is 7.91. The summed E-state index contributed by atoms with van der Waals surface area (Å²) in [6, 6.07) is 8.95. The topological polar surface area (TPSA) is 46.2 Å². The number of benzene rings is 1. The van der Waals surface area contributed by atoms with E-state index in [1.54, 1.807) is 0 Å². The van der Waals surface area contributed by atoms with Gasteiger partial charge < -0.3 is 5.32 Å². The molecule has 0 saturated carbocycles. The van der Waals surface area contributed by atoms with Crippen LogP contribution in [0.2, 0.25) is 0 Å². The Bertz CT molecular complexity index is 534. The number of rotatable bonds is 5. The third-order valence-electron chi connectivity index (χ3n) is 4.14. The predicted octanol–water partition coefficient (Wildman–Crippen LogP) is 2.90. The van der Waals surface area contributed by atoms with Gasteiger partial charge in [-0.15, -0.1) is 0 Å². The second-order valence-corrected chi connectivity index (χ2v) is 8.45. The zero-order valence-electron chi connectivity index (χ0n) is 12.6. The first-order chi connectivity index (χ1) is 9.37. The number of hydrogen-bond acceptors (Lipinski definition) is 3. The zero-order valence-corrected chi connectivity index (χ0v) is 13.4. The van der Waals surface area contributed by atoms with Crippen molar-refractivity contribution in [1.29, 1.82) is 0 Å². The van der Waals surface area contributed by atoms with Crippen LogP contribution in [0.15, 0.2) is 24.3 Å². The van der Waals surface area contributed by atoms with E-state index in [1.807, 2.05) is 0 Å². The summed E-state index contributed by atoms with van der Waals surface area (Å²) >= 11 is 0. The van der Waals surface area contributed by atoms with Crippen molar-refractivity contribution in [1.82, 2.24) is 5.32 Å². The van der Waals surface area contributed by atoms with Gasteiger partial charge in [0.25, 0.3) is 0 Å². The molecular weight excluding hydrogens is 270 g/mol. The van der Waals surface area contributed by atoms with Crippen molar-refractivity contribution >= 4 is 9.84 Å². The van der Waals surface area contributed by atoms with Crippen molar-refractivity contribution in [3.05, 3.63) is 35.4 Å². The minimum atomic E-state index is -2.76. The molecule has 1 fully saturated rings.